The zero-order valence-corrected chi connectivity index (χ0v) is 11.5. The van der Waals surface area contributed by atoms with Crippen molar-refractivity contribution in [1.29, 1.82) is 0 Å². The maximum atomic E-state index is 14.0. The average Bonchev–Trinajstić information content (AvgIpc) is 2.38. The van der Waals surface area contributed by atoms with E-state index in [1.54, 1.807) is 19.2 Å². The van der Waals surface area contributed by atoms with Crippen LogP contribution in [0.15, 0.2) is 36.4 Å². The summed E-state index contributed by atoms with van der Waals surface area (Å²) in [5.41, 5.74) is 0.811. The molecule has 0 heterocycles. The first kappa shape index (κ1) is 14.9. The highest BCUT2D eigenvalue weighted by Crippen LogP contribution is 2.26. The lowest BCUT2D eigenvalue weighted by Gasteiger charge is -2.18. The van der Waals surface area contributed by atoms with Gasteiger partial charge in [-0.1, -0.05) is 23.7 Å². The van der Waals surface area contributed by atoms with Crippen molar-refractivity contribution in [1.82, 2.24) is 5.32 Å². The summed E-state index contributed by atoms with van der Waals surface area (Å²) in [4.78, 5) is 0. The van der Waals surface area contributed by atoms with Crippen LogP contribution in [0.25, 0.3) is 0 Å². The van der Waals surface area contributed by atoms with Crippen LogP contribution in [-0.4, -0.2) is 7.05 Å². The maximum absolute atomic E-state index is 14.0. The number of likely N-dealkylation sites (N-methyl/N-ethyl adjacent to an activating group) is 1. The van der Waals surface area contributed by atoms with Crippen LogP contribution in [0.2, 0.25) is 5.02 Å². The third-order valence-electron chi connectivity index (χ3n) is 3.07. The number of halogens is 4. The summed E-state index contributed by atoms with van der Waals surface area (Å²) in [5.74, 6) is -1.83. The van der Waals surface area contributed by atoms with E-state index in [9.17, 15) is 13.2 Å². The molecular formula is C15H13ClF3N. The molecule has 5 heteroatoms. The van der Waals surface area contributed by atoms with Crippen LogP contribution in [0.3, 0.4) is 0 Å². The molecule has 0 saturated carbocycles. The molecule has 1 unspecified atom stereocenters. The predicted molar refractivity (Wildman–Crippen MR) is 73.3 cm³/mol. The molecule has 0 bridgehead atoms. The number of rotatable bonds is 4. The van der Waals surface area contributed by atoms with Gasteiger partial charge in [0.05, 0.1) is 5.02 Å². The lowest BCUT2D eigenvalue weighted by atomic mass is 9.98. The van der Waals surface area contributed by atoms with Crippen LogP contribution in [0.4, 0.5) is 13.2 Å². The molecule has 0 aliphatic rings. The summed E-state index contributed by atoms with van der Waals surface area (Å²) in [5, 5.41) is 2.95. The van der Waals surface area contributed by atoms with E-state index in [4.69, 9.17) is 11.6 Å². The van der Waals surface area contributed by atoms with E-state index in [1.807, 2.05) is 0 Å². The van der Waals surface area contributed by atoms with Crippen molar-refractivity contribution in [2.24, 2.45) is 0 Å². The summed E-state index contributed by atoms with van der Waals surface area (Å²) in [6.07, 6.45) is 0.252. The Morgan fingerprint density at radius 3 is 2.35 bits per heavy atom. The Balaban J connectivity index is 2.31. The number of nitrogens with one attached hydrogen (secondary N) is 1. The third kappa shape index (κ3) is 3.32. The molecule has 0 fully saturated rings. The van der Waals surface area contributed by atoms with E-state index in [-0.39, 0.29) is 11.4 Å². The van der Waals surface area contributed by atoms with Gasteiger partial charge in [-0.15, -0.1) is 0 Å². The number of benzene rings is 2. The molecule has 1 atom stereocenters. The summed E-state index contributed by atoms with van der Waals surface area (Å²) in [6.45, 7) is 0. The molecule has 0 aliphatic heterocycles. The molecule has 0 aromatic heterocycles. The second kappa shape index (κ2) is 6.29. The summed E-state index contributed by atoms with van der Waals surface area (Å²) in [6, 6.07) is 7.53. The highest BCUT2D eigenvalue weighted by atomic mass is 35.5. The molecular weight excluding hydrogens is 287 g/mol. The largest absolute Gasteiger partial charge is 0.313 e. The first-order valence-corrected chi connectivity index (χ1v) is 6.45. The van der Waals surface area contributed by atoms with Gasteiger partial charge in [0, 0.05) is 17.7 Å². The van der Waals surface area contributed by atoms with Crippen molar-refractivity contribution in [2.75, 3.05) is 7.05 Å². The van der Waals surface area contributed by atoms with Gasteiger partial charge in [0.1, 0.15) is 17.5 Å². The van der Waals surface area contributed by atoms with Gasteiger partial charge in [0.15, 0.2) is 0 Å². The van der Waals surface area contributed by atoms with E-state index in [0.717, 1.165) is 6.07 Å². The van der Waals surface area contributed by atoms with Crippen LogP contribution in [0, 0.1) is 17.5 Å². The predicted octanol–water partition coefficient (Wildman–Crippen LogP) is 4.26. The van der Waals surface area contributed by atoms with Crippen LogP contribution in [0.5, 0.6) is 0 Å². The van der Waals surface area contributed by atoms with Gasteiger partial charge >= 0.3 is 0 Å². The Morgan fingerprint density at radius 2 is 1.75 bits per heavy atom. The molecule has 1 N–H and O–H groups in total. The fourth-order valence-corrected chi connectivity index (χ4v) is 2.30. The molecule has 0 radical (unpaired) electrons. The van der Waals surface area contributed by atoms with E-state index in [0.29, 0.717) is 11.1 Å². The lowest BCUT2D eigenvalue weighted by molar-refractivity contribution is 0.528. The van der Waals surface area contributed by atoms with Crippen molar-refractivity contribution in [3.63, 3.8) is 0 Å². The minimum atomic E-state index is -0.651. The van der Waals surface area contributed by atoms with Gasteiger partial charge in [-0.3, -0.25) is 0 Å². The number of hydrogen-bond acceptors (Lipinski definition) is 1. The highest BCUT2D eigenvalue weighted by Gasteiger charge is 2.17. The summed E-state index contributed by atoms with van der Waals surface area (Å²) < 4.78 is 40.3. The smallest absolute Gasteiger partial charge is 0.146 e. The van der Waals surface area contributed by atoms with Crippen molar-refractivity contribution in [2.45, 2.75) is 12.5 Å². The fraction of sp³-hybridized carbons (Fsp3) is 0.200. The quantitative estimate of drug-likeness (QED) is 0.889. The molecule has 20 heavy (non-hydrogen) atoms. The molecule has 106 valence electrons. The average molecular weight is 300 g/mol. The van der Waals surface area contributed by atoms with E-state index < -0.39 is 23.5 Å². The topological polar surface area (TPSA) is 12.0 Å². The minimum Gasteiger partial charge on any atom is -0.313 e. The molecule has 0 aliphatic carbocycles. The minimum absolute atomic E-state index is 0.0215. The van der Waals surface area contributed by atoms with Gasteiger partial charge in [0.2, 0.25) is 0 Å². The van der Waals surface area contributed by atoms with E-state index in [1.165, 1.54) is 18.2 Å². The first-order valence-electron chi connectivity index (χ1n) is 6.07. The SMILES string of the molecule is CNC(Cc1cc(F)cc(F)c1)c1cccc(Cl)c1F. The van der Waals surface area contributed by atoms with Crippen molar-refractivity contribution < 1.29 is 13.2 Å². The summed E-state index contributed by atoms with van der Waals surface area (Å²) in [7, 11) is 1.65. The molecule has 2 aromatic rings. The Labute approximate surface area is 120 Å². The van der Waals surface area contributed by atoms with Gasteiger partial charge in [-0.2, -0.15) is 0 Å². The Hall–Kier alpha value is -1.52. The molecule has 0 amide bonds. The van der Waals surface area contributed by atoms with Crippen LogP contribution in [0.1, 0.15) is 17.2 Å². The zero-order chi connectivity index (χ0) is 14.7. The van der Waals surface area contributed by atoms with Crippen molar-refractivity contribution in [3.05, 3.63) is 70.0 Å². The molecule has 0 spiro atoms. The van der Waals surface area contributed by atoms with Gasteiger partial charge in [-0.05, 0) is 37.2 Å². The summed E-state index contributed by atoms with van der Waals surface area (Å²) >= 11 is 5.75. The Morgan fingerprint density at radius 1 is 1.10 bits per heavy atom. The Kier molecular flexibility index (Phi) is 4.68. The van der Waals surface area contributed by atoms with Crippen LogP contribution < -0.4 is 5.32 Å². The normalized spacial score (nSPS) is 12.4. The zero-order valence-electron chi connectivity index (χ0n) is 10.8. The molecule has 2 aromatic carbocycles. The monoisotopic (exact) mass is 299 g/mol. The van der Waals surface area contributed by atoms with Crippen LogP contribution in [-0.2, 0) is 6.42 Å². The van der Waals surface area contributed by atoms with Crippen molar-refractivity contribution >= 4 is 11.6 Å². The van der Waals surface area contributed by atoms with Gasteiger partial charge in [0.25, 0.3) is 0 Å². The van der Waals surface area contributed by atoms with E-state index in [2.05, 4.69) is 5.32 Å². The van der Waals surface area contributed by atoms with Crippen molar-refractivity contribution in [3.8, 4) is 0 Å². The van der Waals surface area contributed by atoms with Gasteiger partial charge in [-0.25, -0.2) is 13.2 Å². The van der Waals surface area contributed by atoms with E-state index >= 15 is 0 Å². The molecule has 2 rings (SSSR count). The second-order valence-electron chi connectivity index (χ2n) is 4.47. The van der Waals surface area contributed by atoms with Gasteiger partial charge < -0.3 is 5.32 Å². The Bertz CT molecular complexity index is 596. The third-order valence-corrected chi connectivity index (χ3v) is 3.36. The highest BCUT2D eigenvalue weighted by molar-refractivity contribution is 6.30. The van der Waals surface area contributed by atoms with Crippen LogP contribution >= 0.6 is 11.6 Å². The molecule has 0 saturated heterocycles. The molecule has 1 nitrogen and oxygen atoms in total. The number of hydrogen-bond donors (Lipinski definition) is 1. The first-order chi connectivity index (χ1) is 9.51. The fourth-order valence-electron chi connectivity index (χ4n) is 2.12. The maximum Gasteiger partial charge on any atom is 0.146 e. The standard InChI is InChI=1S/C15H13ClF3N/c1-20-14(12-3-2-4-13(16)15(12)19)7-9-5-10(17)8-11(18)6-9/h2-6,8,14,20H,7H2,1H3. The lowest BCUT2D eigenvalue weighted by Crippen LogP contribution is -2.20. The second-order valence-corrected chi connectivity index (χ2v) is 4.87.